The second kappa shape index (κ2) is 9.21. The van der Waals surface area contributed by atoms with Gasteiger partial charge in [0, 0.05) is 11.6 Å². The third-order valence-corrected chi connectivity index (χ3v) is 5.65. The second-order valence-electron chi connectivity index (χ2n) is 6.05. The molecule has 0 spiro atoms. The number of nitrogens with one attached hydrogen (secondary N) is 2. The molecule has 0 bridgehead atoms. The average molecular weight is 411 g/mol. The van der Waals surface area contributed by atoms with Gasteiger partial charge in [0.2, 0.25) is 15.9 Å². The lowest BCUT2D eigenvalue weighted by Crippen LogP contribution is -2.44. The van der Waals surface area contributed by atoms with Crippen LogP contribution in [0.25, 0.3) is 0 Å². The average Bonchev–Trinajstić information content (AvgIpc) is 2.62. The molecule has 0 saturated carbocycles. The first-order valence-electron chi connectivity index (χ1n) is 8.51. The van der Waals surface area contributed by atoms with E-state index in [2.05, 4.69) is 10.0 Å². The molecule has 0 heterocycles. The van der Waals surface area contributed by atoms with Crippen molar-refractivity contribution in [2.45, 2.75) is 38.3 Å². The summed E-state index contributed by atoms with van der Waals surface area (Å²) in [6, 6.07) is 10.7. The first kappa shape index (κ1) is 21.2. The number of amides is 1. The molecule has 0 saturated heterocycles. The van der Waals surface area contributed by atoms with Crippen LogP contribution in [0, 0.1) is 6.92 Å². The number of halogens is 1. The van der Waals surface area contributed by atoms with Crippen LogP contribution in [0.2, 0.25) is 5.02 Å². The number of benzene rings is 2. The van der Waals surface area contributed by atoms with Crippen LogP contribution in [0.1, 0.15) is 25.0 Å². The van der Waals surface area contributed by atoms with Gasteiger partial charge in [-0.25, -0.2) is 8.42 Å². The Balaban J connectivity index is 2.00. The molecule has 0 aliphatic heterocycles. The van der Waals surface area contributed by atoms with Gasteiger partial charge in [-0.2, -0.15) is 4.72 Å². The predicted molar refractivity (Wildman–Crippen MR) is 105 cm³/mol. The molecule has 27 heavy (non-hydrogen) atoms. The first-order valence-corrected chi connectivity index (χ1v) is 10.4. The fourth-order valence-electron chi connectivity index (χ4n) is 2.41. The van der Waals surface area contributed by atoms with Crippen molar-refractivity contribution in [3.8, 4) is 5.75 Å². The van der Waals surface area contributed by atoms with E-state index in [0.717, 1.165) is 5.56 Å². The molecule has 8 heteroatoms. The van der Waals surface area contributed by atoms with Gasteiger partial charge in [-0.15, -0.1) is 0 Å². The minimum Gasteiger partial charge on any atom is -0.494 e. The monoisotopic (exact) mass is 410 g/mol. The highest BCUT2D eigenvalue weighted by atomic mass is 35.5. The number of carbonyl (C=O) groups is 1. The van der Waals surface area contributed by atoms with E-state index < -0.39 is 22.0 Å². The van der Waals surface area contributed by atoms with E-state index in [1.807, 2.05) is 6.92 Å². The van der Waals surface area contributed by atoms with Gasteiger partial charge in [0.05, 0.1) is 17.5 Å². The van der Waals surface area contributed by atoms with Crippen molar-refractivity contribution in [3.63, 3.8) is 0 Å². The quantitative estimate of drug-likeness (QED) is 0.700. The van der Waals surface area contributed by atoms with Crippen LogP contribution in [0.4, 0.5) is 0 Å². The van der Waals surface area contributed by atoms with Crippen molar-refractivity contribution in [3.05, 3.63) is 58.6 Å². The van der Waals surface area contributed by atoms with Crippen molar-refractivity contribution < 1.29 is 17.9 Å². The minimum atomic E-state index is -3.83. The van der Waals surface area contributed by atoms with Crippen LogP contribution >= 0.6 is 11.6 Å². The van der Waals surface area contributed by atoms with Crippen molar-refractivity contribution in [1.29, 1.82) is 0 Å². The molecule has 0 radical (unpaired) electrons. The number of hydrogen-bond acceptors (Lipinski definition) is 4. The molecule has 146 valence electrons. The SMILES string of the molecule is CCOc1ccc(S(=O)(=O)N[C@@H](C)C(=O)NCc2ccc(Cl)cc2)cc1C. The summed E-state index contributed by atoms with van der Waals surface area (Å²) >= 11 is 5.82. The number of hydrogen-bond donors (Lipinski definition) is 2. The zero-order valence-corrected chi connectivity index (χ0v) is 17.0. The Labute approximate surface area is 164 Å². The van der Waals surface area contributed by atoms with Gasteiger partial charge >= 0.3 is 0 Å². The number of aryl methyl sites for hydroxylation is 1. The lowest BCUT2D eigenvalue weighted by atomic mass is 10.2. The maximum absolute atomic E-state index is 12.5. The summed E-state index contributed by atoms with van der Waals surface area (Å²) in [7, 11) is -3.83. The van der Waals surface area contributed by atoms with E-state index in [4.69, 9.17) is 16.3 Å². The summed E-state index contributed by atoms with van der Waals surface area (Å²) in [5.41, 5.74) is 1.57. The molecular formula is C19H23ClN2O4S. The fourth-order valence-corrected chi connectivity index (χ4v) is 3.82. The van der Waals surface area contributed by atoms with E-state index in [0.29, 0.717) is 22.9 Å². The standard InChI is InChI=1S/C19H23ClN2O4S/c1-4-26-18-10-9-17(11-13(18)2)27(24,25)22-14(3)19(23)21-12-15-5-7-16(20)8-6-15/h5-11,14,22H,4,12H2,1-3H3,(H,21,23)/t14-/m0/s1. The van der Waals surface area contributed by atoms with E-state index >= 15 is 0 Å². The second-order valence-corrected chi connectivity index (χ2v) is 8.20. The third kappa shape index (κ3) is 5.95. The number of rotatable bonds is 8. The number of carbonyl (C=O) groups excluding carboxylic acids is 1. The van der Waals surface area contributed by atoms with E-state index in [9.17, 15) is 13.2 Å². The summed E-state index contributed by atoms with van der Waals surface area (Å²) in [6.45, 7) is 5.90. The Morgan fingerprint density at radius 1 is 1.19 bits per heavy atom. The molecule has 0 unspecified atom stereocenters. The Hall–Kier alpha value is -2.09. The first-order chi connectivity index (χ1) is 12.7. The molecule has 2 aromatic rings. The maximum atomic E-state index is 12.5. The number of ether oxygens (including phenoxy) is 1. The Morgan fingerprint density at radius 3 is 2.44 bits per heavy atom. The van der Waals surface area contributed by atoms with Gasteiger partial charge in [0.1, 0.15) is 5.75 Å². The zero-order valence-electron chi connectivity index (χ0n) is 15.5. The molecule has 6 nitrogen and oxygen atoms in total. The molecule has 2 rings (SSSR count). The van der Waals surface area contributed by atoms with Crippen LogP contribution in [-0.2, 0) is 21.4 Å². The van der Waals surface area contributed by atoms with Crippen molar-refractivity contribution >= 4 is 27.5 Å². The summed E-state index contributed by atoms with van der Waals surface area (Å²) in [5.74, 6) is 0.210. The van der Waals surface area contributed by atoms with Gasteiger partial charge in [-0.1, -0.05) is 23.7 Å². The highest BCUT2D eigenvalue weighted by molar-refractivity contribution is 7.89. The summed E-state index contributed by atoms with van der Waals surface area (Å²) in [4.78, 5) is 12.3. The van der Waals surface area contributed by atoms with E-state index in [-0.39, 0.29) is 11.4 Å². The summed E-state index contributed by atoms with van der Waals surface area (Å²) in [5, 5.41) is 3.31. The molecule has 2 aromatic carbocycles. The highest BCUT2D eigenvalue weighted by Gasteiger charge is 2.22. The van der Waals surface area contributed by atoms with Gasteiger partial charge in [-0.3, -0.25) is 4.79 Å². The Kier molecular flexibility index (Phi) is 7.24. The van der Waals surface area contributed by atoms with Crippen molar-refractivity contribution in [2.24, 2.45) is 0 Å². The molecule has 0 fully saturated rings. The Morgan fingerprint density at radius 2 is 1.85 bits per heavy atom. The molecule has 0 aliphatic carbocycles. The molecule has 0 aromatic heterocycles. The molecule has 2 N–H and O–H groups in total. The third-order valence-electron chi connectivity index (χ3n) is 3.86. The van der Waals surface area contributed by atoms with Crippen LogP contribution in [0.3, 0.4) is 0 Å². The maximum Gasteiger partial charge on any atom is 0.241 e. The fraction of sp³-hybridized carbons (Fsp3) is 0.316. The molecule has 1 atom stereocenters. The zero-order chi connectivity index (χ0) is 20.0. The number of sulfonamides is 1. The summed E-state index contributed by atoms with van der Waals surface area (Å²) < 4.78 is 32.9. The van der Waals surface area contributed by atoms with Gasteiger partial charge < -0.3 is 10.1 Å². The van der Waals surface area contributed by atoms with Crippen molar-refractivity contribution in [2.75, 3.05) is 6.61 Å². The van der Waals surface area contributed by atoms with Crippen LogP contribution < -0.4 is 14.8 Å². The van der Waals surface area contributed by atoms with E-state index in [1.54, 1.807) is 37.3 Å². The van der Waals surface area contributed by atoms with Gasteiger partial charge in [0.15, 0.2) is 0 Å². The van der Waals surface area contributed by atoms with Gasteiger partial charge in [-0.05, 0) is 62.2 Å². The highest BCUT2D eigenvalue weighted by Crippen LogP contribution is 2.22. The normalized spacial score (nSPS) is 12.4. The lowest BCUT2D eigenvalue weighted by molar-refractivity contribution is -0.122. The topological polar surface area (TPSA) is 84.5 Å². The Bertz CT molecular complexity index is 898. The van der Waals surface area contributed by atoms with E-state index in [1.165, 1.54) is 19.1 Å². The van der Waals surface area contributed by atoms with Crippen molar-refractivity contribution in [1.82, 2.24) is 10.0 Å². The lowest BCUT2D eigenvalue weighted by Gasteiger charge is -2.15. The molecule has 1 amide bonds. The van der Waals surface area contributed by atoms with Crippen LogP contribution in [0.15, 0.2) is 47.4 Å². The summed E-state index contributed by atoms with van der Waals surface area (Å²) in [6.07, 6.45) is 0. The smallest absolute Gasteiger partial charge is 0.241 e. The molecular weight excluding hydrogens is 388 g/mol. The minimum absolute atomic E-state index is 0.0841. The molecule has 0 aliphatic rings. The van der Waals surface area contributed by atoms with Gasteiger partial charge in [0.25, 0.3) is 0 Å². The van der Waals surface area contributed by atoms with Crippen LogP contribution in [-0.4, -0.2) is 27.0 Å². The van der Waals surface area contributed by atoms with Crippen LogP contribution in [0.5, 0.6) is 5.75 Å². The largest absolute Gasteiger partial charge is 0.494 e. The predicted octanol–water partition coefficient (Wildman–Crippen LogP) is 3.03.